The van der Waals surface area contributed by atoms with Crippen molar-refractivity contribution < 1.29 is 4.79 Å². The molecule has 1 aliphatic heterocycles. The number of hydrogen-bond acceptors (Lipinski definition) is 4. The van der Waals surface area contributed by atoms with Crippen molar-refractivity contribution in [1.29, 1.82) is 0 Å². The fraction of sp³-hybridized carbons (Fsp3) is 0.529. The van der Waals surface area contributed by atoms with E-state index in [4.69, 9.17) is 0 Å². The first-order valence-electron chi connectivity index (χ1n) is 8.17. The third kappa shape index (κ3) is 3.75. The molecular formula is C17H23N5O. The summed E-state index contributed by atoms with van der Waals surface area (Å²) in [4.78, 5) is 23.2. The van der Waals surface area contributed by atoms with Crippen LogP contribution in [-0.4, -0.2) is 43.6 Å². The number of likely N-dealkylation sites (tertiary alicyclic amines) is 1. The zero-order valence-corrected chi connectivity index (χ0v) is 13.8. The summed E-state index contributed by atoms with van der Waals surface area (Å²) < 4.78 is 1.83. The summed E-state index contributed by atoms with van der Waals surface area (Å²) in [6, 6.07) is 3.94. The van der Waals surface area contributed by atoms with Gasteiger partial charge in [-0.25, -0.2) is 9.97 Å². The van der Waals surface area contributed by atoms with E-state index in [-0.39, 0.29) is 5.91 Å². The third-order valence-electron chi connectivity index (χ3n) is 4.51. The predicted molar refractivity (Wildman–Crippen MR) is 86.9 cm³/mol. The first kappa shape index (κ1) is 15.6. The minimum Gasteiger partial charge on any atom is -0.342 e. The van der Waals surface area contributed by atoms with Crippen LogP contribution in [0, 0.1) is 6.92 Å². The quantitative estimate of drug-likeness (QED) is 0.864. The summed E-state index contributed by atoms with van der Waals surface area (Å²) >= 11 is 0. The maximum absolute atomic E-state index is 12.5. The molecule has 3 rings (SSSR count). The molecule has 0 bridgehead atoms. The van der Waals surface area contributed by atoms with Crippen LogP contribution in [-0.2, 0) is 18.3 Å². The zero-order valence-electron chi connectivity index (χ0n) is 13.8. The van der Waals surface area contributed by atoms with Crippen molar-refractivity contribution in [3.05, 3.63) is 41.7 Å². The van der Waals surface area contributed by atoms with Gasteiger partial charge in [-0.3, -0.25) is 9.48 Å². The molecule has 1 atom stereocenters. The fourth-order valence-electron chi connectivity index (χ4n) is 3.19. The molecule has 6 heteroatoms. The number of nitrogens with zero attached hydrogens (tertiary/aromatic N) is 5. The average Bonchev–Trinajstić information content (AvgIpc) is 2.98. The second kappa shape index (κ2) is 6.89. The zero-order chi connectivity index (χ0) is 16.2. The Morgan fingerprint density at radius 3 is 2.96 bits per heavy atom. The maximum Gasteiger partial charge on any atom is 0.222 e. The lowest BCUT2D eigenvalue weighted by molar-refractivity contribution is -0.132. The van der Waals surface area contributed by atoms with Crippen LogP contribution < -0.4 is 0 Å². The molecule has 0 aliphatic carbocycles. The van der Waals surface area contributed by atoms with Gasteiger partial charge in [0.05, 0.1) is 0 Å². The van der Waals surface area contributed by atoms with Crippen molar-refractivity contribution in [2.75, 3.05) is 13.1 Å². The van der Waals surface area contributed by atoms with Crippen molar-refractivity contribution in [2.24, 2.45) is 7.05 Å². The van der Waals surface area contributed by atoms with Crippen LogP contribution in [0.3, 0.4) is 0 Å². The largest absolute Gasteiger partial charge is 0.342 e. The SMILES string of the molecule is Cc1nccc([C@H]2CCCN(C(=O)CCc3ccnn3C)C2)n1. The van der Waals surface area contributed by atoms with E-state index >= 15 is 0 Å². The molecule has 0 saturated carbocycles. The highest BCUT2D eigenvalue weighted by Crippen LogP contribution is 2.25. The molecule has 0 spiro atoms. The molecule has 0 radical (unpaired) electrons. The molecule has 122 valence electrons. The van der Waals surface area contributed by atoms with Gasteiger partial charge in [0.15, 0.2) is 0 Å². The monoisotopic (exact) mass is 313 g/mol. The van der Waals surface area contributed by atoms with Gasteiger partial charge < -0.3 is 4.90 Å². The van der Waals surface area contributed by atoms with Gasteiger partial charge in [0.25, 0.3) is 0 Å². The van der Waals surface area contributed by atoms with Gasteiger partial charge in [0, 0.05) is 56.3 Å². The molecule has 1 fully saturated rings. The van der Waals surface area contributed by atoms with E-state index in [0.717, 1.165) is 49.6 Å². The Hall–Kier alpha value is -2.24. The van der Waals surface area contributed by atoms with Gasteiger partial charge in [-0.1, -0.05) is 0 Å². The van der Waals surface area contributed by atoms with Crippen LogP contribution in [0.5, 0.6) is 0 Å². The molecule has 2 aromatic heterocycles. The summed E-state index contributed by atoms with van der Waals surface area (Å²) in [5.74, 6) is 1.34. The predicted octanol–water partition coefficient (Wildman–Crippen LogP) is 1.86. The van der Waals surface area contributed by atoms with Crippen LogP contribution in [0.4, 0.5) is 0 Å². The Balaban J connectivity index is 1.59. The maximum atomic E-state index is 12.5. The molecule has 1 aliphatic rings. The first-order valence-corrected chi connectivity index (χ1v) is 8.17. The molecule has 0 aromatic carbocycles. The molecule has 0 N–H and O–H groups in total. The lowest BCUT2D eigenvalue weighted by Crippen LogP contribution is -2.39. The Morgan fingerprint density at radius 1 is 1.35 bits per heavy atom. The number of carbonyl (C=O) groups is 1. The number of aromatic nitrogens is 4. The highest BCUT2D eigenvalue weighted by molar-refractivity contribution is 5.76. The molecule has 1 amide bonds. The van der Waals surface area contributed by atoms with Crippen LogP contribution >= 0.6 is 0 Å². The Kier molecular flexibility index (Phi) is 4.69. The molecule has 2 aromatic rings. The summed E-state index contributed by atoms with van der Waals surface area (Å²) in [6.07, 6.45) is 6.97. The van der Waals surface area contributed by atoms with Gasteiger partial charge >= 0.3 is 0 Å². The minimum absolute atomic E-state index is 0.224. The number of aryl methyl sites for hydroxylation is 3. The van der Waals surface area contributed by atoms with E-state index in [0.29, 0.717) is 12.3 Å². The number of piperidine rings is 1. The van der Waals surface area contributed by atoms with Crippen molar-refractivity contribution in [3.63, 3.8) is 0 Å². The normalized spacial score (nSPS) is 18.2. The van der Waals surface area contributed by atoms with Gasteiger partial charge in [-0.05, 0) is 38.3 Å². The summed E-state index contributed by atoms with van der Waals surface area (Å²) in [6.45, 7) is 3.52. The summed E-state index contributed by atoms with van der Waals surface area (Å²) in [5, 5.41) is 4.14. The topological polar surface area (TPSA) is 63.9 Å². The Labute approximate surface area is 136 Å². The van der Waals surface area contributed by atoms with Crippen LogP contribution in [0.1, 0.15) is 42.4 Å². The molecular weight excluding hydrogens is 290 g/mol. The second-order valence-electron chi connectivity index (χ2n) is 6.15. The number of hydrogen-bond donors (Lipinski definition) is 0. The molecule has 3 heterocycles. The number of carbonyl (C=O) groups excluding carboxylic acids is 1. The summed E-state index contributed by atoms with van der Waals surface area (Å²) in [7, 11) is 1.91. The average molecular weight is 313 g/mol. The number of rotatable bonds is 4. The molecule has 23 heavy (non-hydrogen) atoms. The van der Waals surface area contributed by atoms with Crippen molar-refractivity contribution in [1.82, 2.24) is 24.6 Å². The smallest absolute Gasteiger partial charge is 0.222 e. The van der Waals surface area contributed by atoms with Gasteiger partial charge in [-0.15, -0.1) is 0 Å². The highest BCUT2D eigenvalue weighted by Gasteiger charge is 2.25. The van der Waals surface area contributed by atoms with E-state index in [9.17, 15) is 4.79 Å². The Morgan fingerprint density at radius 2 is 2.22 bits per heavy atom. The van der Waals surface area contributed by atoms with E-state index in [2.05, 4.69) is 15.1 Å². The van der Waals surface area contributed by atoms with Gasteiger partial charge in [0.1, 0.15) is 5.82 Å². The van der Waals surface area contributed by atoms with Crippen LogP contribution in [0.25, 0.3) is 0 Å². The first-order chi connectivity index (χ1) is 11.1. The van der Waals surface area contributed by atoms with E-state index in [1.807, 2.05) is 35.7 Å². The van der Waals surface area contributed by atoms with Crippen molar-refractivity contribution >= 4 is 5.91 Å². The van der Waals surface area contributed by atoms with Gasteiger partial charge in [-0.2, -0.15) is 5.10 Å². The van der Waals surface area contributed by atoms with Crippen LogP contribution in [0.15, 0.2) is 24.5 Å². The highest BCUT2D eigenvalue weighted by atomic mass is 16.2. The Bertz CT molecular complexity index is 681. The second-order valence-corrected chi connectivity index (χ2v) is 6.15. The molecule has 1 saturated heterocycles. The molecule has 0 unspecified atom stereocenters. The van der Waals surface area contributed by atoms with E-state index in [1.54, 1.807) is 12.4 Å². The van der Waals surface area contributed by atoms with Gasteiger partial charge in [0.2, 0.25) is 5.91 Å². The van der Waals surface area contributed by atoms with E-state index in [1.165, 1.54) is 0 Å². The fourth-order valence-corrected chi connectivity index (χ4v) is 3.19. The van der Waals surface area contributed by atoms with Crippen molar-refractivity contribution in [3.8, 4) is 0 Å². The van der Waals surface area contributed by atoms with Crippen molar-refractivity contribution in [2.45, 2.75) is 38.5 Å². The summed E-state index contributed by atoms with van der Waals surface area (Å²) in [5.41, 5.74) is 2.15. The standard InChI is InChI=1S/C17H23N5O/c1-13-18-9-8-16(20-13)14-4-3-11-22(12-14)17(23)6-5-15-7-10-19-21(15)2/h7-10,14H,3-6,11-12H2,1-2H3/t14-/m0/s1. The third-order valence-corrected chi connectivity index (χ3v) is 4.51. The minimum atomic E-state index is 0.224. The van der Waals surface area contributed by atoms with Crippen LogP contribution in [0.2, 0.25) is 0 Å². The molecule has 6 nitrogen and oxygen atoms in total. The number of amides is 1. The van der Waals surface area contributed by atoms with E-state index < -0.39 is 0 Å². The lowest BCUT2D eigenvalue weighted by Gasteiger charge is -2.32. The lowest BCUT2D eigenvalue weighted by atomic mass is 9.94.